The second kappa shape index (κ2) is 6.91. The molecule has 0 aliphatic carbocycles. The summed E-state index contributed by atoms with van der Waals surface area (Å²) in [6.45, 7) is 0. The van der Waals surface area contributed by atoms with Crippen LogP contribution in [0.15, 0.2) is 42.7 Å². The Bertz CT molecular complexity index is 588. The van der Waals surface area contributed by atoms with Crippen LogP contribution in [0.1, 0.15) is 12.0 Å². The molecule has 1 heterocycles. The fraction of sp³-hybridized carbons (Fsp3) is 0.200. The zero-order valence-corrected chi connectivity index (χ0v) is 11.9. The Morgan fingerprint density at radius 1 is 1.40 bits per heavy atom. The standard InChI is InChI=1S/C15H15ClN2O2/c1-20-14-6-5-12(16)9-13(14)18-15(19)7-4-11-3-2-8-17-10-11/h2-3,5-6,8-10H,4,7H2,1H3,(H,18,19). The normalized spacial score (nSPS) is 10.1. The van der Waals surface area contributed by atoms with Crippen LogP contribution < -0.4 is 10.1 Å². The molecule has 1 aromatic heterocycles. The number of benzene rings is 1. The average molecular weight is 291 g/mol. The number of rotatable bonds is 5. The molecule has 0 unspecified atom stereocenters. The van der Waals surface area contributed by atoms with Gasteiger partial charge in [0.25, 0.3) is 0 Å². The molecule has 0 radical (unpaired) electrons. The Morgan fingerprint density at radius 2 is 2.25 bits per heavy atom. The monoisotopic (exact) mass is 290 g/mol. The van der Waals surface area contributed by atoms with Crippen molar-refractivity contribution in [1.82, 2.24) is 4.98 Å². The molecule has 0 bridgehead atoms. The number of ether oxygens (including phenoxy) is 1. The quantitative estimate of drug-likeness (QED) is 0.919. The summed E-state index contributed by atoms with van der Waals surface area (Å²) in [5, 5.41) is 3.35. The van der Waals surface area contributed by atoms with Crippen molar-refractivity contribution in [2.45, 2.75) is 12.8 Å². The average Bonchev–Trinajstić information content (AvgIpc) is 2.46. The van der Waals surface area contributed by atoms with Crippen LogP contribution in [0.25, 0.3) is 0 Å². The maximum atomic E-state index is 11.9. The highest BCUT2D eigenvalue weighted by molar-refractivity contribution is 6.31. The first-order valence-electron chi connectivity index (χ1n) is 6.21. The van der Waals surface area contributed by atoms with E-state index in [0.717, 1.165) is 5.56 Å². The number of hydrogen-bond acceptors (Lipinski definition) is 3. The number of nitrogens with zero attached hydrogens (tertiary/aromatic N) is 1. The van der Waals surface area contributed by atoms with Crippen molar-refractivity contribution in [3.05, 3.63) is 53.3 Å². The SMILES string of the molecule is COc1ccc(Cl)cc1NC(=O)CCc1cccnc1. The molecule has 5 heteroatoms. The summed E-state index contributed by atoms with van der Waals surface area (Å²) in [5.74, 6) is 0.499. The minimum Gasteiger partial charge on any atom is -0.495 e. The lowest BCUT2D eigenvalue weighted by Crippen LogP contribution is -2.13. The number of carbonyl (C=O) groups is 1. The molecule has 2 aromatic rings. The van der Waals surface area contributed by atoms with E-state index < -0.39 is 0 Å². The number of carbonyl (C=O) groups excluding carboxylic acids is 1. The van der Waals surface area contributed by atoms with Crippen LogP contribution in [0.4, 0.5) is 5.69 Å². The molecule has 20 heavy (non-hydrogen) atoms. The number of hydrogen-bond donors (Lipinski definition) is 1. The molecule has 0 spiro atoms. The van der Waals surface area contributed by atoms with Crippen LogP contribution in [0.3, 0.4) is 0 Å². The van der Waals surface area contributed by atoms with Gasteiger partial charge in [-0.05, 0) is 36.2 Å². The molecular weight excluding hydrogens is 276 g/mol. The summed E-state index contributed by atoms with van der Waals surface area (Å²) in [6, 6.07) is 8.90. The summed E-state index contributed by atoms with van der Waals surface area (Å²) >= 11 is 5.92. The molecule has 0 fully saturated rings. The maximum Gasteiger partial charge on any atom is 0.224 e. The number of pyridine rings is 1. The van der Waals surface area contributed by atoms with Crippen molar-refractivity contribution in [3.63, 3.8) is 0 Å². The van der Waals surface area contributed by atoms with Gasteiger partial charge in [0.1, 0.15) is 5.75 Å². The smallest absolute Gasteiger partial charge is 0.224 e. The van der Waals surface area contributed by atoms with Crippen LogP contribution >= 0.6 is 11.6 Å². The molecule has 0 aliphatic heterocycles. The minimum atomic E-state index is -0.0885. The highest BCUT2D eigenvalue weighted by Gasteiger charge is 2.08. The molecule has 0 saturated carbocycles. The minimum absolute atomic E-state index is 0.0885. The lowest BCUT2D eigenvalue weighted by Gasteiger charge is -2.10. The molecule has 4 nitrogen and oxygen atoms in total. The van der Waals surface area contributed by atoms with E-state index in [9.17, 15) is 4.79 Å². The molecule has 0 saturated heterocycles. The Hall–Kier alpha value is -2.07. The molecule has 1 aromatic carbocycles. The predicted octanol–water partition coefficient (Wildman–Crippen LogP) is 3.31. The zero-order valence-electron chi connectivity index (χ0n) is 11.1. The summed E-state index contributed by atoms with van der Waals surface area (Å²) in [6.07, 6.45) is 4.48. The number of halogens is 1. The fourth-order valence-electron chi connectivity index (χ4n) is 1.79. The van der Waals surface area contributed by atoms with E-state index in [-0.39, 0.29) is 5.91 Å². The number of anilines is 1. The first kappa shape index (κ1) is 14.3. The number of methoxy groups -OCH3 is 1. The molecule has 1 N–H and O–H groups in total. The van der Waals surface area contributed by atoms with E-state index in [1.54, 1.807) is 37.7 Å². The third kappa shape index (κ3) is 3.96. The number of aryl methyl sites for hydroxylation is 1. The summed E-state index contributed by atoms with van der Waals surface area (Å²) in [5.41, 5.74) is 1.61. The first-order chi connectivity index (χ1) is 9.69. The Kier molecular flexibility index (Phi) is 4.96. The van der Waals surface area contributed by atoms with Crippen LogP contribution in [-0.2, 0) is 11.2 Å². The Balaban J connectivity index is 1.96. The third-order valence-electron chi connectivity index (χ3n) is 2.80. The number of aromatic nitrogens is 1. The molecule has 0 atom stereocenters. The van der Waals surface area contributed by atoms with E-state index >= 15 is 0 Å². The largest absolute Gasteiger partial charge is 0.495 e. The number of amides is 1. The van der Waals surface area contributed by atoms with Gasteiger partial charge in [-0.3, -0.25) is 9.78 Å². The first-order valence-corrected chi connectivity index (χ1v) is 6.59. The van der Waals surface area contributed by atoms with Crippen molar-refractivity contribution >= 4 is 23.2 Å². The van der Waals surface area contributed by atoms with E-state index in [2.05, 4.69) is 10.3 Å². The van der Waals surface area contributed by atoms with Crippen LogP contribution in [-0.4, -0.2) is 18.0 Å². The van der Waals surface area contributed by atoms with E-state index in [0.29, 0.717) is 29.3 Å². The van der Waals surface area contributed by atoms with Crippen molar-refractivity contribution < 1.29 is 9.53 Å². The molecule has 104 valence electrons. The Morgan fingerprint density at radius 3 is 2.95 bits per heavy atom. The Labute approximate surface area is 122 Å². The summed E-state index contributed by atoms with van der Waals surface area (Å²) < 4.78 is 5.18. The van der Waals surface area contributed by atoms with Gasteiger partial charge in [0.2, 0.25) is 5.91 Å². The van der Waals surface area contributed by atoms with Gasteiger partial charge in [0, 0.05) is 23.8 Å². The lowest BCUT2D eigenvalue weighted by molar-refractivity contribution is -0.116. The van der Waals surface area contributed by atoms with Gasteiger partial charge in [0.15, 0.2) is 0 Å². The van der Waals surface area contributed by atoms with Crippen LogP contribution in [0, 0.1) is 0 Å². The topological polar surface area (TPSA) is 51.2 Å². The van der Waals surface area contributed by atoms with E-state index in [4.69, 9.17) is 16.3 Å². The highest BCUT2D eigenvalue weighted by Crippen LogP contribution is 2.27. The van der Waals surface area contributed by atoms with Crippen LogP contribution in [0.2, 0.25) is 5.02 Å². The molecule has 1 amide bonds. The molecule has 2 rings (SSSR count). The summed E-state index contributed by atoms with van der Waals surface area (Å²) in [4.78, 5) is 16.0. The lowest BCUT2D eigenvalue weighted by atomic mass is 10.1. The van der Waals surface area contributed by atoms with Gasteiger partial charge in [-0.1, -0.05) is 17.7 Å². The number of nitrogens with one attached hydrogen (secondary N) is 1. The zero-order chi connectivity index (χ0) is 14.4. The fourth-order valence-corrected chi connectivity index (χ4v) is 1.97. The van der Waals surface area contributed by atoms with E-state index in [1.165, 1.54) is 0 Å². The van der Waals surface area contributed by atoms with Crippen molar-refractivity contribution in [1.29, 1.82) is 0 Å². The second-order valence-electron chi connectivity index (χ2n) is 4.25. The molecule has 0 aliphatic rings. The van der Waals surface area contributed by atoms with Crippen molar-refractivity contribution in [2.75, 3.05) is 12.4 Å². The summed E-state index contributed by atoms with van der Waals surface area (Å²) in [7, 11) is 1.55. The van der Waals surface area contributed by atoms with Gasteiger partial charge in [0.05, 0.1) is 12.8 Å². The van der Waals surface area contributed by atoms with Crippen molar-refractivity contribution in [3.8, 4) is 5.75 Å². The van der Waals surface area contributed by atoms with Crippen LogP contribution in [0.5, 0.6) is 5.75 Å². The maximum absolute atomic E-state index is 11.9. The predicted molar refractivity (Wildman–Crippen MR) is 79.2 cm³/mol. The van der Waals surface area contributed by atoms with Gasteiger partial charge in [-0.25, -0.2) is 0 Å². The second-order valence-corrected chi connectivity index (χ2v) is 4.69. The van der Waals surface area contributed by atoms with Gasteiger partial charge in [-0.15, -0.1) is 0 Å². The van der Waals surface area contributed by atoms with Crippen molar-refractivity contribution in [2.24, 2.45) is 0 Å². The van der Waals surface area contributed by atoms with Gasteiger partial charge >= 0.3 is 0 Å². The van der Waals surface area contributed by atoms with Gasteiger partial charge < -0.3 is 10.1 Å². The van der Waals surface area contributed by atoms with Gasteiger partial charge in [-0.2, -0.15) is 0 Å². The molecular formula is C15H15ClN2O2. The third-order valence-corrected chi connectivity index (χ3v) is 3.03. The highest BCUT2D eigenvalue weighted by atomic mass is 35.5. The van der Waals surface area contributed by atoms with E-state index in [1.807, 2.05) is 12.1 Å².